The Morgan fingerprint density at radius 2 is 1.65 bits per heavy atom. The zero-order chi connectivity index (χ0) is 26.4. The van der Waals surface area contributed by atoms with Crippen LogP contribution in [0.5, 0.6) is 0 Å². The topological polar surface area (TPSA) is 142 Å². The molecule has 37 heavy (non-hydrogen) atoms. The third kappa shape index (κ3) is 6.33. The van der Waals surface area contributed by atoms with Crippen LogP contribution in [0.4, 0.5) is 15.3 Å². The average molecular weight is 520 g/mol. The molecular weight excluding hydrogens is 494 g/mol. The van der Waals surface area contributed by atoms with E-state index < -0.39 is 28.2 Å². The Morgan fingerprint density at radius 3 is 2.32 bits per heavy atom. The Kier molecular flexibility index (Phi) is 7.54. The third-order valence-electron chi connectivity index (χ3n) is 5.58. The van der Waals surface area contributed by atoms with Crippen LogP contribution in [-0.4, -0.2) is 35.2 Å². The number of carbonyl (C=O) groups is 2. The molecule has 0 aliphatic carbocycles. The highest BCUT2D eigenvalue weighted by Gasteiger charge is 2.25. The number of anilines is 1. The molecule has 1 atom stereocenters. The lowest BCUT2D eigenvalue weighted by atomic mass is 10.1. The molecule has 4 aromatic rings. The molecule has 3 aromatic carbocycles. The number of nitrogens with zero attached hydrogens (tertiary/aromatic N) is 2. The van der Waals surface area contributed by atoms with Crippen molar-refractivity contribution < 1.29 is 23.1 Å². The molecule has 0 aliphatic rings. The first-order valence-electron chi connectivity index (χ1n) is 11.3. The number of urea groups is 1. The van der Waals surface area contributed by atoms with Gasteiger partial charge in [-0.15, -0.1) is 0 Å². The van der Waals surface area contributed by atoms with Crippen LogP contribution in [0.2, 0.25) is 0 Å². The van der Waals surface area contributed by atoms with Gasteiger partial charge in [-0.2, -0.15) is 0 Å². The maximum absolute atomic E-state index is 12.9. The first-order valence-corrected chi connectivity index (χ1v) is 12.8. The van der Waals surface area contributed by atoms with Gasteiger partial charge in [0.1, 0.15) is 5.82 Å². The number of sulfonamides is 1. The summed E-state index contributed by atoms with van der Waals surface area (Å²) in [4.78, 5) is 28.3. The summed E-state index contributed by atoms with van der Waals surface area (Å²) in [5.41, 5.74) is 2.50. The summed E-state index contributed by atoms with van der Waals surface area (Å²) in [6, 6.07) is 20.8. The predicted molar refractivity (Wildman–Crippen MR) is 138 cm³/mol. The van der Waals surface area contributed by atoms with Gasteiger partial charge in [-0.1, -0.05) is 48.5 Å². The highest BCUT2D eigenvalue weighted by molar-refractivity contribution is 7.90. The molecule has 1 aromatic heterocycles. The van der Waals surface area contributed by atoms with Crippen molar-refractivity contribution in [2.45, 2.75) is 24.3 Å². The van der Waals surface area contributed by atoms with Crippen LogP contribution in [0.15, 0.2) is 96.2 Å². The van der Waals surface area contributed by atoms with E-state index in [-0.39, 0.29) is 4.90 Å². The quantitative estimate of drug-likeness (QED) is 0.274. The molecule has 3 amide bonds. The van der Waals surface area contributed by atoms with Gasteiger partial charge in [0.15, 0.2) is 0 Å². The van der Waals surface area contributed by atoms with Crippen molar-refractivity contribution in [2.24, 2.45) is 0 Å². The molecule has 0 bridgehead atoms. The monoisotopic (exact) mass is 519 g/mol. The van der Waals surface area contributed by atoms with Gasteiger partial charge in [0.2, 0.25) is 0 Å². The molecule has 0 saturated carbocycles. The minimum Gasteiger partial charge on any atom is -0.465 e. The van der Waals surface area contributed by atoms with Crippen molar-refractivity contribution in [1.29, 1.82) is 0 Å². The molecule has 1 heterocycles. The Morgan fingerprint density at radius 1 is 0.973 bits per heavy atom. The van der Waals surface area contributed by atoms with Crippen molar-refractivity contribution in [3.63, 3.8) is 0 Å². The van der Waals surface area contributed by atoms with Gasteiger partial charge in [0, 0.05) is 23.8 Å². The molecule has 0 aliphatic heterocycles. The van der Waals surface area contributed by atoms with E-state index >= 15 is 0 Å². The van der Waals surface area contributed by atoms with Gasteiger partial charge in [-0.3, -0.25) is 5.32 Å². The van der Waals surface area contributed by atoms with Crippen molar-refractivity contribution in [3.05, 3.63) is 108 Å². The summed E-state index contributed by atoms with van der Waals surface area (Å²) in [6.07, 6.45) is 2.44. The van der Waals surface area contributed by atoms with Crippen LogP contribution in [0, 0.1) is 6.92 Å². The Balaban J connectivity index is 1.62. The van der Waals surface area contributed by atoms with Crippen LogP contribution in [-0.2, 0) is 16.4 Å². The molecule has 0 fully saturated rings. The number of carboxylic acid groups (broad SMARTS) is 1. The molecule has 4 rings (SSSR count). The van der Waals surface area contributed by atoms with Gasteiger partial charge >= 0.3 is 12.1 Å². The average Bonchev–Trinajstić information content (AvgIpc) is 3.34. The molecule has 1 unspecified atom stereocenters. The summed E-state index contributed by atoms with van der Waals surface area (Å²) in [5.74, 6) is 0.464. The van der Waals surface area contributed by atoms with E-state index in [4.69, 9.17) is 5.11 Å². The first-order chi connectivity index (χ1) is 17.7. The fraction of sp³-hybridized carbons (Fsp3) is 0.115. The lowest BCUT2D eigenvalue weighted by Gasteiger charge is -2.21. The Hall–Kier alpha value is -4.64. The van der Waals surface area contributed by atoms with Gasteiger partial charge < -0.3 is 15.0 Å². The van der Waals surface area contributed by atoms with Crippen LogP contribution in [0.3, 0.4) is 0 Å². The Bertz CT molecular complexity index is 1500. The van der Waals surface area contributed by atoms with Crippen molar-refractivity contribution >= 4 is 27.8 Å². The van der Waals surface area contributed by atoms with Crippen molar-refractivity contribution in [2.75, 3.05) is 5.32 Å². The number of nitrogens with one attached hydrogen (secondary N) is 3. The van der Waals surface area contributed by atoms with Gasteiger partial charge in [-0.25, -0.2) is 27.7 Å². The largest absolute Gasteiger partial charge is 0.465 e. The molecule has 10 nitrogen and oxygen atoms in total. The number of hydrogen-bond acceptors (Lipinski definition) is 5. The minimum atomic E-state index is -4.10. The first kappa shape index (κ1) is 25.5. The number of hydrogen-bond donors (Lipinski definition) is 4. The maximum Gasteiger partial charge on any atom is 0.409 e. The number of aromatic nitrogens is 2. The second kappa shape index (κ2) is 11.0. The highest BCUT2D eigenvalue weighted by Crippen LogP contribution is 2.22. The Labute approximate surface area is 214 Å². The highest BCUT2D eigenvalue weighted by atomic mass is 32.2. The SMILES string of the molecule is Cc1ccccc1S(=O)(=O)NC(=O)NC(Cc1ccccc1)c1nccn1-c1ccc(NC(=O)O)cc1. The van der Waals surface area contributed by atoms with Gasteiger partial charge in [0.05, 0.1) is 10.9 Å². The van der Waals surface area contributed by atoms with E-state index in [0.29, 0.717) is 29.2 Å². The summed E-state index contributed by atoms with van der Waals surface area (Å²) < 4.78 is 29.5. The van der Waals surface area contributed by atoms with E-state index in [0.717, 1.165) is 5.56 Å². The zero-order valence-electron chi connectivity index (χ0n) is 19.8. The van der Waals surface area contributed by atoms with E-state index in [1.54, 1.807) is 66.3 Å². The number of carbonyl (C=O) groups excluding carboxylic acids is 1. The van der Waals surface area contributed by atoms with Crippen LogP contribution >= 0.6 is 0 Å². The van der Waals surface area contributed by atoms with Gasteiger partial charge in [0.25, 0.3) is 10.0 Å². The second-order valence-electron chi connectivity index (χ2n) is 8.22. The summed E-state index contributed by atoms with van der Waals surface area (Å²) in [6.45, 7) is 1.65. The summed E-state index contributed by atoms with van der Waals surface area (Å²) in [7, 11) is -4.10. The van der Waals surface area contributed by atoms with Crippen LogP contribution in [0.25, 0.3) is 5.69 Å². The molecule has 190 valence electrons. The predicted octanol–water partition coefficient (Wildman–Crippen LogP) is 4.24. The van der Waals surface area contributed by atoms with E-state index in [2.05, 4.69) is 20.3 Å². The van der Waals surface area contributed by atoms with E-state index in [1.807, 2.05) is 30.3 Å². The normalized spacial score (nSPS) is 11.9. The van der Waals surface area contributed by atoms with Gasteiger partial charge in [-0.05, 0) is 54.8 Å². The number of amides is 3. The number of rotatable bonds is 8. The minimum absolute atomic E-state index is 0.0151. The molecule has 0 spiro atoms. The lowest BCUT2D eigenvalue weighted by Crippen LogP contribution is -2.42. The zero-order valence-corrected chi connectivity index (χ0v) is 20.6. The lowest BCUT2D eigenvalue weighted by molar-refractivity contribution is 0.209. The summed E-state index contributed by atoms with van der Waals surface area (Å²) >= 11 is 0. The van der Waals surface area contributed by atoms with E-state index in [9.17, 15) is 18.0 Å². The number of imidazole rings is 1. The third-order valence-corrected chi connectivity index (χ3v) is 7.07. The van der Waals surface area contributed by atoms with E-state index in [1.165, 1.54) is 6.07 Å². The fourth-order valence-electron chi connectivity index (χ4n) is 3.90. The molecule has 0 radical (unpaired) electrons. The van der Waals surface area contributed by atoms with Crippen molar-refractivity contribution in [1.82, 2.24) is 19.6 Å². The fourth-order valence-corrected chi connectivity index (χ4v) is 5.06. The number of aryl methyl sites for hydroxylation is 1. The standard InChI is InChI=1S/C26H25N5O5S/c1-18-7-5-6-10-23(18)37(35,36)30-25(32)29-22(17-19-8-3-2-4-9-19)24-27-15-16-31(24)21-13-11-20(12-14-21)28-26(33)34/h2-16,22,28H,17H2,1H3,(H,33,34)(H2,29,30,32). The van der Waals surface area contributed by atoms with Crippen LogP contribution < -0.4 is 15.4 Å². The maximum atomic E-state index is 12.9. The molecule has 0 saturated heterocycles. The van der Waals surface area contributed by atoms with Crippen LogP contribution in [0.1, 0.15) is 23.0 Å². The molecule has 4 N–H and O–H groups in total. The van der Waals surface area contributed by atoms with Crippen molar-refractivity contribution in [3.8, 4) is 5.69 Å². The second-order valence-corrected chi connectivity index (χ2v) is 9.87. The molecule has 11 heteroatoms. The summed E-state index contributed by atoms with van der Waals surface area (Å²) in [5, 5.41) is 14.0. The molecular formula is C26H25N5O5S. The smallest absolute Gasteiger partial charge is 0.409 e. The number of benzene rings is 3.